The molecule has 0 saturated carbocycles. The average molecular weight is 549 g/mol. The van der Waals surface area contributed by atoms with E-state index >= 15 is 0 Å². The Morgan fingerprint density at radius 2 is 1.55 bits per heavy atom. The van der Waals surface area contributed by atoms with E-state index in [2.05, 4.69) is 36.4 Å². The number of nitrogens with zero attached hydrogens (tertiary/aromatic N) is 2. The summed E-state index contributed by atoms with van der Waals surface area (Å²) in [5.74, 6) is -0.981. The summed E-state index contributed by atoms with van der Waals surface area (Å²) in [5, 5.41) is 1.88. The van der Waals surface area contributed by atoms with Crippen molar-refractivity contribution in [2.24, 2.45) is 16.8 Å². The lowest BCUT2D eigenvalue weighted by Crippen LogP contribution is -2.51. The van der Waals surface area contributed by atoms with Crippen LogP contribution in [-0.4, -0.2) is 24.6 Å². The molecule has 42 heavy (non-hydrogen) atoms. The average Bonchev–Trinajstić information content (AvgIpc) is 3.27. The van der Waals surface area contributed by atoms with Crippen molar-refractivity contribution < 1.29 is 14.3 Å². The molecule has 11 rings (SSSR count). The van der Waals surface area contributed by atoms with E-state index in [4.69, 9.17) is 9.73 Å². The quantitative estimate of drug-likeness (QED) is 0.173. The highest BCUT2D eigenvalue weighted by molar-refractivity contribution is 6.27. The van der Waals surface area contributed by atoms with Crippen LogP contribution in [0.25, 0.3) is 10.8 Å². The first kappa shape index (κ1) is 24.7. The summed E-state index contributed by atoms with van der Waals surface area (Å²) in [4.78, 5) is 35.9. The number of imide groups is 1. The van der Waals surface area contributed by atoms with Gasteiger partial charge in [-0.25, -0.2) is 4.90 Å². The first-order chi connectivity index (χ1) is 20.6. The highest BCUT2D eigenvalue weighted by Crippen LogP contribution is 2.60. The topological polar surface area (TPSA) is 59.0 Å². The van der Waals surface area contributed by atoms with E-state index in [9.17, 15) is 9.59 Å². The van der Waals surface area contributed by atoms with Crippen LogP contribution in [0.15, 0.2) is 120 Å². The van der Waals surface area contributed by atoms with Crippen molar-refractivity contribution in [3.8, 4) is 5.75 Å². The molecule has 0 spiro atoms. The largest absolute Gasteiger partial charge is 0.494 e. The fourth-order valence-corrected chi connectivity index (χ4v) is 7.54. The normalized spacial score (nSPS) is 23.7. The van der Waals surface area contributed by atoms with E-state index in [0.29, 0.717) is 12.3 Å². The highest BCUT2D eigenvalue weighted by atomic mass is 16.5. The lowest BCUT2D eigenvalue weighted by Gasteiger charge is -2.48. The van der Waals surface area contributed by atoms with Crippen LogP contribution in [0.4, 0.5) is 11.4 Å². The molecule has 5 aromatic rings. The van der Waals surface area contributed by atoms with E-state index in [-0.39, 0.29) is 17.7 Å². The molecule has 5 heteroatoms. The second-order valence-electron chi connectivity index (χ2n) is 11.3. The minimum Gasteiger partial charge on any atom is -0.494 e. The monoisotopic (exact) mass is 548 g/mol. The fourth-order valence-electron chi connectivity index (χ4n) is 7.54. The van der Waals surface area contributed by atoms with E-state index in [1.807, 2.05) is 92.0 Å². The Bertz CT molecular complexity index is 1910. The first-order valence-corrected chi connectivity index (χ1v) is 14.5. The van der Waals surface area contributed by atoms with Gasteiger partial charge in [0.2, 0.25) is 11.8 Å². The van der Waals surface area contributed by atoms with Crippen LogP contribution in [0, 0.1) is 11.8 Å². The minimum absolute atomic E-state index is 0.151. The number of carbonyl (C=O) groups excluding carboxylic acids is 2. The summed E-state index contributed by atoms with van der Waals surface area (Å²) in [7, 11) is 0. The fraction of sp³-hybridized carbons (Fsp3) is 0.162. The zero-order chi connectivity index (χ0) is 28.4. The van der Waals surface area contributed by atoms with Crippen LogP contribution >= 0.6 is 0 Å². The van der Waals surface area contributed by atoms with Crippen molar-refractivity contribution in [1.29, 1.82) is 0 Å². The van der Waals surface area contributed by atoms with Crippen LogP contribution < -0.4 is 9.64 Å². The molecule has 0 N–H and O–H groups in total. The molecule has 0 radical (unpaired) electrons. The predicted octanol–water partition coefficient (Wildman–Crippen LogP) is 7.19. The third-order valence-corrected chi connectivity index (χ3v) is 9.26. The molecule has 0 unspecified atom stereocenters. The lowest BCUT2D eigenvalue weighted by atomic mass is 9.52. The molecule has 5 nitrogen and oxygen atoms in total. The maximum Gasteiger partial charge on any atom is 0.239 e. The number of carbonyl (C=O) groups is 2. The highest BCUT2D eigenvalue weighted by Gasteiger charge is 2.65. The standard InChI is InChI=1S/C37H28N2O3/c1-2-42-27-20-18-26(19-21-27)38-22-37-25-16-14-24(15-17-25)32(29-11-5-6-12-30(29)37)33-34(37)36(41)39(35(33)40)31-13-7-9-23-8-3-4-10-28(23)31/h3-22,32-34H,2H2,1H3/t32-,33-,34-,37+/m0/s1. The summed E-state index contributed by atoms with van der Waals surface area (Å²) in [5.41, 5.74) is 4.60. The number of anilines is 1. The Hall–Kier alpha value is -5.03. The van der Waals surface area contributed by atoms with Crippen molar-refractivity contribution in [3.63, 3.8) is 0 Å². The minimum atomic E-state index is -0.929. The zero-order valence-corrected chi connectivity index (χ0v) is 23.1. The number of hydrogen-bond acceptors (Lipinski definition) is 4. The van der Waals surface area contributed by atoms with Gasteiger partial charge in [0.1, 0.15) is 5.75 Å². The van der Waals surface area contributed by atoms with Gasteiger partial charge < -0.3 is 4.74 Å². The molecule has 1 fully saturated rings. The number of aliphatic imine (C=N–C) groups is 1. The van der Waals surface area contributed by atoms with Gasteiger partial charge >= 0.3 is 0 Å². The van der Waals surface area contributed by atoms with Gasteiger partial charge in [-0.1, -0.05) is 84.9 Å². The molecule has 5 aliphatic carbocycles. The van der Waals surface area contributed by atoms with Gasteiger partial charge in [-0.15, -0.1) is 0 Å². The number of rotatable bonds is 5. The van der Waals surface area contributed by atoms with Crippen LogP contribution in [0.1, 0.15) is 35.1 Å². The van der Waals surface area contributed by atoms with Gasteiger partial charge in [0, 0.05) is 17.5 Å². The lowest BCUT2D eigenvalue weighted by molar-refractivity contribution is -0.122. The van der Waals surface area contributed by atoms with Crippen molar-refractivity contribution in [1.82, 2.24) is 0 Å². The Labute approximate surface area is 244 Å². The maximum absolute atomic E-state index is 14.8. The molecular weight excluding hydrogens is 520 g/mol. The molecule has 1 heterocycles. The second-order valence-corrected chi connectivity index (χ2v) is 11.3. The third kappa shape index (κ3) is 3.34. The van der Waals surface area contributed by atoms with Crippen LogP contribution in [-0.2, 0) is 15.0 Å². The zero-order valence-electron chi connectivity index (χ0n) is 23.1. The van der Waals surface area contributed by atoms with E-state index < -0.39 is 17.3 Å². The smallest absolute Gasteiger partial charge is 0.239 e. The molecule has 4 atom stereocenters. The first-order valence-electron chi connectivity index (χ1n) is 14.5. The van der Waals surface area contributed by atoms with Gasteiger partial charge in [0.15, 0.2) is 0 Å². The Kier molecular flexibility index (Phi) is 5.45. The number of ether oxygens (including phenoxy) is 1. The summed E-state index contributed by atoms with van der Waals surface area (Å²) in [6.07, 6.45) is 1.92. The third-order valence-electron chi connectivity index (χ3n) is 9.26. The maximum atomic E-state index is 14.8. The molecule has 1 saturated heterocycles. The number of benzene rings is 5. The molecule has 2 amide bonds. The van der Waals surface area contributed by atoms with Gasteiger partial charge in [-0.3, -0.25) is 14.6 Å². The van der Waals surface area contributed by atoms with E-state index in [1.165, 1.54) is 4.90 Å². The molecule has 204 valence electrons. The predicted molar refractivity (Wildman–Crippen MR) is 165 cm³/mol. The van der Waals surface area contributed by atoms with Crippen LogP contribution in [0.5, 0.6) is 5.75 Å². The number of fused-ring (bicyclic) bond motifs is 1. The molecule has 5 aromatic carbocycles. The summed E-state index contributed by atoms with van der Waals surface area (Å²) in [6, 6.07) is 38.1. The molecule has 0 aromatic heterocycles. The second kappa shape index (κ2) is 9.25. The Morgan fingerprint density at radius 1 is 0.810 bits per heavy atom. The van der Waals surface area contributed by atoms with Crippen molar-refractivity contribution in [3.05, 3.63) is 138 Å². The summed E-state index contributed by atoms with van der Waals surface area (Å²) in [6.45, 7) is 2.54. The van der Waals surface area contributed by atoms with Crippen molar-refractivity contribution >= 4 is 40.2 Å². The Morgan fingerprint density at radius 3 is 2.36 bits per heavy atom. The van der Waals surface area contributed by atoms with Crippen LogP contribution in [0.2, 0.25) is 0 Å². The van der Waals surface area contributed by atoms with Gasteiger partial charge in [-0.2, -0.15) is 0 Å². The summed E-state index contributed by atoms with van der Waals surface area (Å²) >= 11 is 0. The van der Waals surface area contributed by atoms with Crippen molar-refractivity contribution in [2.45, 2.75) is 18.3 Å². The van der Waals surface area contributed by atoms with Gasteiger partial charge in [0.05, 0.1) is 35.2 Å². The van der Waals surface area contributed by atoms with Gasteiger partial charge in [0.25, 0.3) is 0 Å². The number of amides is 2. The van der Waals surface area contributed by atoms with Crippen molar-refractivity contribution in [2.75, 3.05) is 11.5 Å². The SMILES string of the molecule is CCOc1ccc(N=C[C@@]23c4ccc(cc4)[C@@H](c4ccccc42)[C@@H]2C(=O)N(c4cccc5ccccc45)C(=O)[C@H]23)cc1. The van der Waals surface area contributed by atoms with Crippen LogP contribution in [0.3, 0.4) is 0 Å². The molecule has 1 aliphatic heterocycles. The summed E-state index contributed by atoms with van der Waals surface area (Å²) < 4.78 is 5.62. The molecule has 4 bridgehead atoms. The molecular formula is C37H28N2O3. The molecule has 6 aliphatic rings. The van der Waals surface area contributed by atoms with E-state index in [1.54, 1.807) is 0 Å². The Balaban J connectivity index is 1.36. The van der Waals surface area contributed by atoms with Gasteiger partial charge in [-0.05, 0) is 64.9 Å². The van der Waals surface area contributed by atoms with E-state index in [0.717, 1.165) is 44.5 Å². The number of hydrogen-bond donors (Lipinski definition) is 0.